The Morgan fingerprint density at radius 2 is 1.72 bits per heavy atom. The summed E-state index contributed by atoms with van der Waals surface area (Å²) in [5.41, 5.74) is 8.52. The third kappa shape index (κ3) is 6.06. The van der Waals surface area contributed by atoms with Gasteiger partial charge in [-0.05, 0) is 88.4 Å². The van der Waals surface area contributed by atoms with Crippen LogP contribution in [0.3, 0.4) is 0 Å². The van der Waals surface area contributed by atoms with E-state index in [0.717, 1.165) is 66.4 Å². The molecule has 0 saturated carbocycles. The van der Waals surface area contributed by atoms with E-state index < -0.39 is 5.97 Å². The number of methoxy groups -OCH3 is 1. The summed E-state index contributed by atoms with van der Waals surface area (Å²) >= 11 is 13.5. The minimum absolute atomic E-state index is 0.0932. The number of carboxylic acid groups (broad SMARTS) is 1. The minimum atomic E-state index is -1.10. The lowest BCUT2D eigenvalue weighted by Crippen LogP contribution is -2.44. The van der Waals surface area contributed by atoms with Crippen LogP contribution in [0, 0.1) is 27.7 Å². The summed E-state index contributed by atoms with van der Waals surface area (Å²) in [6.45, 7) is 11.3. The zero-order valence-corrected chi connectivity index (χ0v) is 32.5. The molecule has 0 aliphatic carbocycles. The Morgan fingerprint density at radius 3 is 2.38 bits per heavy atom. The van der Waals surface area contributed by atoms with Crippen molar-refractivity contribution >= 4 is 62.7 Å². The van der Waals surface area contributed by atoms with Gasteiger partial charge in [-0.2, -0.15) is 5.10 Å². The highest BCUT2D eigenvalue weighted by Crippen LogP contribution is 2.46. The highest BCUT2D eigenvalue weighted by atomic mass is 35.5. The quantitative estimate of drug-likeness (QED) is 0.132. The monoisotopic (exact) mass is 755 g/mol. The SMILES string of the molecule is COCCn1c(N2C[C@@H](C)n3c(c(CCCOc4cc(C)c(Cl)c(C)c4)c4ccc(Cl)c(-c5c(C)nn(C)c5C)c43)C2=O)c(C(=O)O)c2ccccc21. The summed E-state index contributed by atoms with van der Waals surface area (Å²) < 4.78 is 17.5. The van der Waals surface area contributed by atoms with Gasteiger partial charge in [0.25, 0.3) is 5.91 Å². The Balaban J connectivity index is 1.41. The van der Waals surface area contributed by atoms with E-state index in [9.17, 15) is 9.90 Å². The average molecular weight is 757 g/mol. The van der Waals surface area contributed by atoms with Gasteiger partial charge in [-0.3, -0.25) is 14.4 Å². The van der Waals surface area contributed by atoms with Crippen LogP contribution in [0.25, 0.3) is 32.9 Å². The van der Waals surface area contributed by atoms with Crippen LogP contribution in [0.4, 0.5) is 5.82 Å². The predicted octanol–water partition coefficient (Wildman–Crippen LogP) is 9.11. The maximum absolute atomic E-state index is 15.2. The van der Waals surface area contributed by atoms with Gasteiger partial charge in [0.2, 0.25) is 0 Å². The average Bonchev–Trinajstić information content (AvgIpc) is 3.72. The van der Waals surface area contributed by atoms with E-state index in [2.05, 4.69) is 11.5 Å². The number of nitrogens with zero attached hydrogens (tertiary/aromatic N) is 5. The fourth-order valence-electron chi connectivity index (χ4n) is 8.10. The van der Waals surface area contributed by atoms with Crippen molar-refractivity contribution in [1.29, 1.82) is 0 Å². The summed E-state index contributed by atoms with van der Waals surface area (Å²) in [6.07, 6.45) is 1.15. The number of amides is 1. The lowest BCUT2D eigenvalue weighted by Gasteiger charge is -2.35. The molecule has 1 aliphatic rings. The first-order valence-electron chi connectivity index (χ1n) is 17.8. The molecule has 0 radical (unpaired) electrons. The number of anilines is 1. The van der Waals surface area contributed by atoms with Crippen molar-refractivity contribution in [2.75, 3.05) is 31.8 Å². The molecule has 12 heteroatoms. The van der Waals surface area contributed by atoms with Gasteiger partial charge in [0.15, 0.2) is 0 Å². The highest BCUT2D eigenvalue weighted by molar-refractivity contribution is 6.35. The smallest absolute Gasteiger partial charge is 0.340 e. The van der Waals surface area contributed by atoms with E-state index in [1.54, 1.807) is 18.1 Å². The molecule has 0 fully saturated rings. The normalized spacial score (nSPS) is 14.5. The molecule has 3 aromatic carbocycles. The Kier molecular flexibility index (Phi) is 9.82. The van der Waals surface area contributed by atoms with E-state index in [1.165, 1.54) is 0 Å². The number of ether oxygens (including phenoxy) is 2. The van der Waals surface area contributed by atoms with E-state index in [1.807, 2.05) is 86.5 Å². The molecular formula is C41H43Cl2N5O5. The molecule has 276 valence electrons. The van der Waals surface area contributed by atoms with Gasteiger partial charge in [0.05, 0.1) is 35.0 Å². The number of hydrogen-bond donors (Lipinski definition) is 1. The van der Waals surface area contributed by atoms with Gasteiger partial charge in [0, 0.05) is 65.9 Å². The number of aromatic carboxylic acids is 1. The lowest BCUT2D eigenvalue weighted by molar-refractivity contribution is 0.0699. The number of para-hydroxylation sites is 1. The number of rotatable bonds is 11. The second-order valence-corrected chi connectivity index (χ2v) is 14.7. The van der Waals surface area contributed by atoms with E-state index >= 15 is 4.79 Å². The third-order valence-corrected chi connectivity index (χ3v) is 11.4. The highest BCUT2D eigenvalue weighted by Gasteiger charge is 2.40. The molecule has 7 rings (SSSR count). The van der Waals surface area contributed by atoms with Gasteiger partial charge >= 0.3 is 5.97 Å². The number of benzene rings is 3. The molecule has 3 aromatic heterocycles. The summed E-state index contributed by atoms with van der Waals surface area (Å²) in [7, 11) is 3.52. The Labute approximate surface area is 318 Å². The van der Waals surface area contributed by atoms with Gasteiger partial charge in [-0.15, -0.1) is 0 Å². The first-order valence-corrected chi connectivity index (χ1v) is 18.5. The van der Waals surface area contributed by atoms with Crippen molar-refractivity contribution in [2.24, 2.45) is 7.05 Å². The molecule has 0 saturated heterocycles. The fourth-order valence-corrected chi connectivity index (χ4v) is 8.46. The van der Waals surface area contributed by atoms with Crippen molar-refractivity contribution in [3.05, 3.63) is 97.9 Å². The van der Waals surface area contributed by atoms with Crippen LogP contribution in [0.2, 0.25) is 10.0 Å². The molecule has 1 aliphatic heterocycles. The summed E-state index contributed by atoms with van der Waals surface area (Å²) in [6, 6.07) is 14.9. The van der Waals surface area contributed by atoms with Crippen LogP contribution in [0.15, 0.2) is 48.5 Å². The van der Waals surface area contributed by atoms with Crippen LogP contribution in [-0.2, 0) is 24.8 Å². The second-order valence-electron chi connectivity index (χ2n) is 13.9. The molecule has 10 nitrogen and oxygen atoms in total. The van der Waals surface area contributed by atoms with E-state index in [4.69, 9.17) is 37.8 Å². The molecular weight excluding hydrogens is 713 g/mol. The molecule has 53 heavy (non-hydrogen) atoms. The van der Waals surface area contributed by atoms with E-state index in [-0.39, 0.29) is 24.1 Å². The van der Waals surface area contributed by atoms with Crippen LogP contribution in [0.1, 0.15) is 68.3 Å². The van der Waals surface area contributed by atoms with Crippen molar-refractivity contribution in [3.63, 3.8) is 0 Å². The minimum Gasteiger partial charge on any atom is -0.494 e. The number of aryl methyl sites for hydroxylation is 5. The number of aromatic nitrogens is 4. The number of carbonyl (C=O) groups is 2. The van der Waals surface area contributed by atoms with Crippen molar-refractivity contribution in [2.45, 2.75) is 60.0 Å². The van der Waals surface area contributed by atoms with E-state index in [0.29, 0.717) is 54.5 Å². The molecule has 1 amide bonds. The molecule has 1 N–H and O–H groups in total. The van der Waals surface area contributed by atoms with Gasteiger partial charge in [-0.1, -0.05) is 47.5 Å². The topological polar surface area (TPSA) is 104 Å². The number of carboxylic acids is 1. The van der Waals surface area contributed by atoms with Gasteiger partial charge in [0.1, 0.15) is 22.8 Å². The Hall–Kier alpha value is -4.77. The molecule has 1 atom stereocenters. The number of hydrogen-bond acceptors (Lipinski definition) is 5. The maximum Gasteiger partial charge on any atom is 0.340 e. The van der Waals surface area contributed by atoms with Crippen molar-refractivity contribution < 1.29 is 24.2 Å². The molecule has 0 unspecified atom stereocenters. The first kappa shape index (κ1) is 36.6. The maximum atomic E-state index is 15.2. The van der Waals surface area contributed by atoms with Crippen LogP contribution in [-0.4, -0.2) is 62.8 Å². The second kappa shape index (κ2) is 14.2. The summed E-state index contributed by atoms with van der Waals surface area (Å²) in [5.74, 6) is -0.278. The number of carbonyl (C=O) groups excluding carboxylic acids is 1. The summed E-state index contributed by atoms with van der Waals surface area (Å²) in [5, 5.41) is 18.1. The van der Waals surface area contributed by atoms with Crippen molar-refractivity contribution in [3.8, 4) is 16.9 Å². The molecule has 0 spiro atoms. The first-order chi connectivity index (χ1) is 25.3. The van der Waals surface area contributed by atoms with Gasteiger partial charge < -0.3 is 23.7 Å². The zero-order valence-electron chi connectivity index (χ0n) is 31.0. The molecule has 4 heterocycles. The Morgan fingerprint density at radius 1 is 1.00 bits per heavy atom. The predicted molar refractivity (Wildman–Crippen MR) is 211 cm³/mol. The van der Waals surface area contributed by atoms with Crippen LogP contribution < -0.4 is 9.64 Å². The van der Waals surface area contributed by atoms with Crippen LogP contribution >= 0.6 is 23.2 Å². The third-order valence-electron chi connectivity index (χ3n) is 10.5. The van der Waals surface area contributed by atoms with Crippen LogP contribution in [0.5, 0.6) is 5.75 Å². The number of halogens is 2. The zero-order chi connectivity index (χ0) is 37.9. The lowest BCUT2D eigenvalue weighted by atomic mass is 9.98. The van der Waals surface area contributed by atoms with Crippen molar-refractivity contribution in [1.82, 2.24) is 18.9 Å². The standard InChI is InChI=1S/C41H43Cl2N5O5/c1-22-19-27(20-23(2)36(22)43)53-17-10-12-28-29-14-15-31(42)35(33-25(4)44-45(6)26(33)5)37(29)48-24(3)21-47(40(49)38(28)48)39-34(41(50)51)30-11-8-9-13-32(30)46(39)16-18-52-7/h8-9,11,13-15,19-20,24H,10,12,16-18,21H2,1-7H3,(H,50,51)/t24-/m1/s1. The largest absolute Gasteiger partial charge is 0.494 e. The molecule has 0 bridgehead atoms. The Bertz CT molecular complexity index is 2420. The summed E-state index contributed by atoms with van der Waals surface area (Å²) in [4.78, 5) is 29.9. The molecule has 6 aromatic rings. The van der Waals surface area contributed by atoms with Gasteiger partial charge in [-0.25, -0.2) is 4.79 Å². The number of fused-ring (bicyclic) bond motifs is 4. The fraction of sp³-hybridized carbons (Fsp3) is 0.341.